The molecule has 2 heterocycles. The van der Waals surface area contributed by atoms with Gasteiger partial charge in [0.25, 0.3) is 0 Å². The van der Waals surface area contributed by atoms with Gasteiger partial charge in [0.2, 0.25) is 0 Å². The third kappa shape index (κ3) is 5.68. The number of anilines is 3. The molecule has 0 atom stereocenters. The summed E-state index contributed by atoms with van der Waals surface area (Å²) in [6, 6.07) is 75.1. The zero-order valence-electron chi connectivity index (χ0n) is 31.0. The highest BCUT2D eigenvalue weighted by Gasteiger charge is 2.19. The van der Waals surface area contributed by atoms with E-state index in [2.05, 4.69) is 199 Å². The number of rotatable bonds is 7. The molecule has 0 amide bonds. The van der Waals surface area contributed by atoms with Gasteiger partial charge in [-0.2, -0.15) is 0 Å². The summed E-state index contributed by atoms with van der Waals surface area (Å²) in [6.45, 7) is 0. The summed E-state index contributed by atoms with van der Waals surface area (Å²) in [5, 5.41) is 4.26. The third-order valence-corrected chi connectivity index (χ3v) is 11.1. The third-order valence-electron chi connectivity index (χ3n) is 11.1. The van der Waals surface area contributed by atoms with Crippen molar-refractivity contribution in [2.45, 2.75) is 0 Å². The minimum Gasteiger partial charge on any atom is -0.456 e. The topological polar surface area (TPSA) is 29.5 Å². The molecule has 0 aliphatic carbocycles. The molecule has 57 heavy (non-hydrogen) atoms. The zero-order valence-corrected chi connectivity index (χ0v) is 31.0. The Balaban J connectivity index is 0.998. The Hall–Kier alpha value is -7.62. The molecule has 0 aliphatic rings. The lowest BCUT2D eigenvalue weighted by molar-refractivity contribution is 0.663. The molecular weight excluding hydrogens is 695 g/mol. The average Bonchev–Trinajstić information content (AvgIpc) is 3.87. The molecule has 0 N–H and O–H groups in total. The summed E-state index contributed by atoms with van der Waals surface area (Å²) in [7, 11) is 0. The largest absolute Gasteiger partial charge is 0.456 e. The van der Waals surface area contributed by atoms with Crippen LogP contribution in [0, 0.1) is 0 Å². The van der Waals surface area contributed by atoms with Gasteiger partial charge in [-0.05, 0) is 93.5 Å². The summed E-state index contributed by atoms with van der Waals surface area (Å²) >= 11 is 0. The summed E-state index contributed by atoms with van der Waals surface area (Å²) in [5.74, 6) is 0. The van der Waals surface area contributed by atoms with Crippen LogP contribution < -0.4 is 4.90 Å². The van der Waals surface area contributed by atoms with Crippen LogP contribution in [0.3, 0.4) is 0 Å². The van der Waals surface area contributed by atoms with Crippen LogP contribution in [-0.4, -0.2) is 0 Å². The van der Waals surface area contributed by atoms with Crippen molar-refractivity contribution >= 4 is 60.9 Å². The molecule has 0 aliphatic heterocycles. The molecular formula is C54H35NO2. The normalized spacial score (nSPS) is 11.5. The molecule has 3 heteroatoms. The molecule has 3 nitrogen and oxygen atoms in total. The Bertz CT molecular complexity index is 3200. The second-order valence-electron chi connectivity index (χ2n) is 14.5. The van der Waals surface area contributed by atoms with Crippen molar-refractivity contribution in [3.63, 3.8) is 0 Å². The van der Waals surface area contributed by atoms with Crippen molar-refractivity contribution < 1.29 is 8.83 Å². The Kier molecular flexibility index (Phi) is 7.82. The van der Waals surface area contributed by atoms with Gasteiger partial charge in [-0.15, -0.1) is 0 Å². The van der Waals surface area contributed by atoms with Crippen LogP contribution in [0.15, 0.2) is 221 Å². The maximum atomic E-state index is 6.80. The van der Waals surface area contributed by atoms with Gasteiger partial charge in [0.05, 0.1) is 5.39 Å². The number of fused-ring (bicyclic) bond motifs is 7. The molecule has 11 rings (SSSR count). The lowest BCUT2D eigenvalue weighted by Gasteiger charge is -2.26. The molecule has 9 aromatic carbocycles. The first-order chi connectivity index (χ1) is 28.3. The Morgan fingerprint density at radius 3 is 1.37 bits per heavy atom. The van der Waals surface area contributed by atoms with Gasteiger partial charge in [-0.3, -0.25) is 0 Å². The SMILES string of the molecule is c1ccc(-c2ccc(N(c3ccc(-c4ccccc4-c4ccccc4)cc3)c3ccc(-c4cccc5c4oc4c5ccc5oc6ccccc6c54)cc3)cc2)cc1. The number of nitrogens with zero attached hydrogens (tertiary/aromatic N) is 1. The van der Waals surface area contributed by atoms with Gasteiger partial charge < -0.3 is 13.7 Å². The number of para-hydroxylation sites is 2. The van der Waals surface area contributed by atoms with E-state index in [1.807, 2.05) is 18.2 Å². The summed E-state index contributed by atoms with van der Waals surface area (Å²) in [5.41, 5.74) is 16.0. The molecule has 0 unspecified atom stereocenters. The van der Waals surface area contributed by atoms with Gasteiger partial charge in [0, 0.05) is 38.8 Å². The molecule has 11 aromatic rings. The van der Waals surface area contributed by atoms with Crippen molar-refractivity contribution in [1.29, 1.82) is 0 Å². The first kappa shape index (κ1) is 32.8. The van der Waals surface area contributed by atoms with Crippen LogP contribution in [0.25, 0.3) is 88.4 Å². The minimum absolute atomic E-state index is 0.832. The number of hydrogen-bond acceptors (Lipinski definition) is 3. The van der Waals surface area contributed by atoms with E-state index in [-0.39, 0.29) is 0 Å². The second kappa shape index (κ2) is 13.6. The predicted molar refractivity (Wildman–Crippen MR) is 237 cm³/mol. The van der Waals surface area contributed by atoms with E-state index in [4.69, 9.17) is 8.83 Å². The Morgan fingerprint density at radius 1 is 0.263 bits per heavy atom. The maximum Gasteiger partial charge on any atom is 0.147 e. The Morgan fingerprint density at radius 2 is 0.719 bits per heavy atom. The van der Waals surface area contributed by atoms with E-state index in [1.165, 1.54) is 33.4 Å². The molecule has 0 saturated carbocycles. The lowest BCUT2D eigenvalue weighted by atomic mass is 9.94. The van der Waals surface area contributed by atoms with Crippen molar-refractivity contribution in [1.82, 2.24) is 0 Å². The molecule has 0 bridgehead atoms. The monoisotopic (exact) mass is 729 g/mol. The molecule has 268 valence electrons. The molecule has 2 aromatic heterocycles. The van der Waals surface area contributed by atoms with E-state index >= 15 is 0 Å². The van der Waals surface area contributed by atoms with E-state index in [0.717, 1.165) is 72.1 Å². The van der Waals surface area contributed by atoms with E-state index in [0.29, 0.717) is 0 Å². The number of hydrogen-bond donors (Lipinski definition) is 0. The van der Waals surface area contributed by atoms with Gasteiger partial charge in [0.1, 0.15) is 22.3 Å². The fourth-order valence-corrected chi connectivity index (χ4v) is 8.36. The second-order valence-corrected chi connectivity index (χ2v) is 14.5. The van der Waals surface area contributed by atoms with Crippen molar-refractivity contribution in [3.05, 3.63) is 212 Å². The first-order valence-corrected chi connectivity index (χ1v) is 19.3. The van der Waals surface area contributed by atoms with Crippen LogP contribution in [0.1, 0.15) is 0 Å². The smallest absolute Gasteiger partial charge is 0.147 e. The van der Waals surface area contributed by atoms with E-state index < -0.39 is 0 Å². The Labute approximate surface area is 330 Å². The number of furan rings is 2. The highest BCUT2D eigenvalue weighted by atomic mass is 16.3. The van der Waals surface area contributed by atoms with Crippen LogP contribution in [0.4, 0.5) is 17.1 Å². The molecule has 0 fully saturated rings. The first-order valence-electron chi connectivity index (χ1n) is 19.3. The van der Waals surface area contributed by atoms with Gasteiger partial charge >= 0.3 is 0 Å². The van der Waals surface area contributed by atoms with Crippen LogP contribution in [-0.2, 0) is 0 Å². The van der Waals surface area contributed by atoms with Gasteiger partial charge in [-0.25, -0.2) is 0 Å². The highest BCUT2D eigenvalue weighted by molar-refractivity contribution is 6.23. The molecule has 0 radical (unpaired) electrons. The maximum absolute atomic E-state index is 6.80. The summed E-state index contributed by atoms with van der Waals surface area (Å²) in [4.78, 5) is 2.33. The zero-order chi connectivity index (χ0) is 37.7. The van der Waals surface area contributed by atoms with Gasteiger partial charge in [0.15, 0.2) is 0 Å². The van der Waals surface area contributed by atoms with Crippen molar-refractivity contribution in [2.24, 2.45) is 0 Å². The highest BCUT2D eigenvalue weighted by Crippen LogP contribution is 2.43. The quantitative estimate of drug-likeness (QED) is 0.164. The van der Waals surface area contributed by atoms with Crippen LogP contribution in [0.2, 0.25) is 0 Å². The van der Waals surface area contributed by atoms with Crippen LogP contribution >= 0.6 is 0 Å². The van der Waals surface area contributed by atoms with Crippen molar-refractivity contribution in [3.8, 4) is 44.5 Å². The summed E-state index contributed by atoms with van der Waals surface area (Å²) in [6.07, 6.45) is 0. The lowest BCUT2D eigenvalue weighted by Crippen LogP contribution is -2.09. The van der Waals surface area contributed by atoms with Crippen molar-refractivity contribution in [2.75, 3.05) is 4.90 Å². The number of benzene rings is 9. The average molecular weight is 730 g/mol. The fourth-order valence-electron chi connectivity index (χ4n) is 8.36. The molecule has 0 spiro atoms. The van der Waals surface area contributed by atoms with E-state index in [9.17, 15) is 0 Å². The molecule has 0 saturated heterocycles. The standard InChI is InChI=1S/C54H35NO2/c1-3-12-36(13-4-1)37-22-28-41(29-23-37)55(42-30-24-39(25-31-42)45-17-8-7-16-44(45)38-14-5-2-6-15-38)43-32-26-40(27-33-43)46-19-11-20-47-48-34-35-51-52(54(48)57-53(46)47)49-18-9-10-21-50(49)56-51/h1-35H. The van der Waals surface area contributed by atoms with E-state index in [1.54, 1.807) is 0 Å². The summed E-state index contributed by atoms with van der Waals surface area (Å²) < 4.78 is 13.0. The van der Waals surface area contributed by atoms with Gasteiger partial charge in [-0.1, -0.05) is 158 Å². The van der Waals surface area contributed by atoms with Crippen LogP contribution in [0.5, 0.6) is 0 Å². The minimum atomic E-state index is 0.832. The predicted octanol–water partition coefficient (Wildman–Crippen LogP) is 15.6. The fraction of sp³-hybridized carbons (Fsp3) is 0.